The van der Waals surface area contributed by atoms with Crippen LogP contribution < -0.4 is 15.8 Å². The molecule has 0 saturated carbocycles. The Hall–Kier alpha value is -2.50. The quantitative estimate of drug-likeness (QED) is 0.607. The second kappa shape index (κ2) is 5.43. The Morgan fingerprint density at radius 3 is 2.47 bits per heavy atom. The molecule has 0 saturated heterocycles. The monoisotopic (exact) mass is 261 g/mol. The van der Waals surface area contributed by atoms with Crippen LogP contribution in [0.2, 0.25) is 0 Å². The average molecular weight is 261 g/mol. The molecule has 6 nitrogen and oxygen atoms in total. The van der Waals surface area contributed by atoms with Crippen molar-refractivity contribution in [2.24, 2.45) is 0 Å². The van der Waals surface area contributed by atoms with E-state index < -0.39 is 5.97 Å². The molecule has 19 heavy (non-hydrogen) atoms. The van der Waals surface area contributed by atoms with Gasteiger partial charge in [-0.2, -0.15) is 0 Å². The third-order valence-electron chi connectivity index (χ3n) is 2.64. The lowest BCUT2D eigenvalue weighted by Crippen LogP contribution is -2.37. The number of hydrogen-bond acceptors (Lipinski definition) is 5. The van der Waals surface area contributed by atoms with Crippen molar-refractivity contribution < 1.29 is 14.3 Å². The van der Waals surface area contributed by atoms with Crippen molar-refractivity contribution in [3.8, 4) is 0 Å². The largest absolute Gasteiger partial charge is 0.456 e. The molecular formula is C13H15N3O3. The van der Waals surface area contributed by atoms with Crippen LogP contribution in [0.1, 0.15) is 10.4 Å². The number of hydrazine groups is 1. The Kier molecular flexibility index (Phi) is 3.70. The summed E-state index contributed by atoms with van der Waals surface area (Å²) in [5.41, 5.74) is 7.24. The molecule has 1 aliphatic rings. The topological polar surface area (TPSA) is 70.7 Å². The Balaban J connectivity index is 1.93. The molecule has 0 aromatic heterocycles. The van der Waals surface area contributed by atoms with E-state index in [-0.39, 0.29) is 12.5 Å². The van der Waals surface area contributed by atoms with Crippen LogP contribution in [0.15, 0.2) is 36.0 Å². The maximum atomic E-state index is 11.8. The van der Waals surface area contributed by atoms with E-state index in [2.05, 4.69) is 10.9 Å². The molecule has 0 spiro atoms. The van der Waals surface area contributed by atoms with E-state index in [1.54, 1.807) is 12.1 Å². The van der Waals surface area contributed by atoms with Gasteiger partial charge in [0.05, 0.1) is 5.70 Å². The molecular weight excluding hydrogens is 246 g/mol. The highest BCUT2D eigenvalue weighted by atomic mass is 16.5. The van der Waals surface area contributed by atoms with E-state index in [0.29, 0.717) is 11.3 Å². The predicted molar refractivity (Wildman–Crippen MR) is 70.4 cm³/mol. The molecule has 100 valence electrons. The summed E-state index contributed by atoms with van der Waals surface area (Å²) < 4.78 is 4.69. The number of benzene rings is 1. The Morgan fingerprint density at radius 2 is 1.95 bits per heavy atom. The molecule has 0 aliphatic carbocycles. The number of carbonyl (C=O) groups is 2. The van der Waals surface area contributed by atoms with Crippen LogP contribution >= 0.6 is 0 Å². The molecule has 2 rings (SSSR count). The van der Waals surface area contributed by atoms with Crippen LogP contribution in [0.4, 0.5) is 5.69 Å². The van der Waals surface area contributed by atoms with Crippen molar-refractivity contribution in [1.82, 2.24) is 10.9 Å². The number of amides is 1. The summed E-state index contributed by atoms with van der Waals surface area (Å²) in [4.78, 5) is 24.6. The standard InChI is InChI=1S/C13H15N3O3/c1-16(2)11-5-3-9(4-6-11)13(18)15-14-10-7-12(17)19-8-10/h3-7,14H,8H2,1-2H3,(H,15,18). The van der Waals surface area contributed by atoms with E-state index in [0.717, 1.165) is 5.69 Å². The minimum atomic E-state index is -0.410. The van der Waals surface area contributed by atoms with Gasteiger partial charge in [0.25, 0.3) is 5.91 Å². The maximum absolute atomic E-state index is 11.8. The molecule has 0 radical (unpaired) electrons. The van der Waals surface area contributed by atoms with E-state index in [9.17, 15) is 9.59 Å². The fraction of sp³-hybridized carbons (Fsp3) is 0.231. The fourth-order valence-electron chi connectivity index (χ4n) is 1.57. The first-order valence-electron chi connectivity index (χ1n) is 5.77. The second-order valence-corrected chi connectivity index (χ2v) is 4.30. The predicted octanol–water partition coefficient (Wildman–Crippen LogP) is 0.428. The van der Waals surface area contributed by atoms with Crippen molar-refractivity contribution in [1.29, 1.82) is 0 Å². The highest BCUT2D eigenvalue weighted by Gasteiger charge is 2.13. The van der Waals surface area contributed by atoms with Gasteiger partial charge in [0, 0.05) is 31.4 Å². The molecule has 2 N–H and O–H groups in total. The van der Waals surface area contributed by atoms with Crippen molar-refractivity contribution in [2.45, 2.75) is 0 Å². The van der Waals surface area contributed by atoms with Crippen LogP contribution in [-0.2, 0) is 9.53 Å². The molecule has 1 amide bonds. The first kappa shape index (κ1) is 12.9. The zero-order valence-electron chi connectivity index (χ0n) is 10.8. The summed E-state index contributed by atoms with van der Waals surface area (Å²) in [5.74, 6) is -0.683. The van der Waals surface area contributed by atoms with Crippen LogP contribution in [0.3, 0.4) is 0 Å². The molecule has 6 heteroatoms. The summed E-state index contributed by atoms with van der Waals surface area (Å²) in [7, 11) is 3.86. The normalized spacial score (nSPS) is 13.6. The molecule has 0 fully saturated rings. The lowest BCUT2D eigenvalue weighted by Gasteiger charge is -2.13. The number of nitrogens with zero attached hydrogens (tertiary/aromatic N) is 1. The lowest BCUT2D eigenvalue weighted by molar-refractivity contribution is -0.134. The van der Waals surface area contributed by atoms with E-state index in [1.807, 2.05) is 31.1 Å². The van der Waals surface area contributed by atoms with Gasteiger partial charge >= 0.3 is 5.97 Å². The van der Waals surface area contributed by atoms with Crippen molar-refractivity contribution in [3.05, 3.63) is 41.6 Å². The molecule has 1 aromatic rings. The zero-order valence-corrected chi connectivity index (χ0v) is 10.8. The van der Waals surface area contributed by atoms with E-state index in [1.165, 1.54) is 6.08 Å². The van der Waals surface area contributed by atoms with Crippen molar-refractivity contribution in [3.63, 3.8) is 0 Å². The second-order valence-electron chi connectivity index (χ2n) is 4.30. The van der Waals surface area contributed by atoms with E-state index >= 15 is 0 Å². The first-order valence-corrected chi connectivity index (χ1v) is 5.77. The Bertz CT molecular complexity index is 520. The average Bonchev–Trinajstić information content (AvgIpc) is 2.82. The number of cyclic esters (lactones) is 1. The number of carbonyl (C=O) groups excluding carboxylic acids is 2. The summed E-state index contributed by atoms with van der Waals surface area (Å²) in [5, 5.41) is 0. The van der Waals surface area contributed by atoms with Gasteiger partial charge in [-0.3, -0.25) is 15.6 Å². The van der Waals surface area contributed by atoms with Gasteiger partial charge in [-0.1, -0.05) is 0 Å². The van der Waals surface area contributed by atoms with Gasteiger partial charge in [-0.25, -0.2) is 4.79 Å². The van der Waals surface area contributed by atoms with Crippen LogP contribution in [0.5, 0.6) is 0 Å². The smallest absolute Gasteiger partial charge is 0.333 e. The fourth-order valence-corrected chi connectivity index (χ4v) is 1.57. The number of esters is 1. The van der Waals surface area contributed by atoms with Gasteiger partial charge in [0.15, 0.2) is 0 Å². The van der Waals surface area contributed by atoms with E-state index in [4.69, 9.17) is 4.74 Å². The van der Waals surface area contributed by atoms with Crippen molar-refractivity contribution >= 4 is 17.6 Å². The highest BCUT2D eigenvalue weighted by molar-refractivity contribution is 5.94. The lowest BCUT2D eigenvalue weighted by atomic mass is 10.2. The number of anilines is 1. The zero-order chi connectivity index (χ0) is 13.8. The van der Waals surface area contributed by atoms with Gasteiger partial charge < -0.3 is 9.64 Å². The minimum absolute atomic E-state index is 0.151. The highest BCUT2D eigenvalue weighted by Crippen LogP contribution is 2.12. The molecule has 1 aliphatic heterocycles. The number of nitrogens with one attached hydrogen (secondary N) is 2. The summed E-state index contributed by atoms with van der Waals surface area (Å²) in [6.45, 7) is 0.151. The van der Waals surface area contributed by atoms with Gasteiger partial charge in [0.2, 0.25) is 0 Å². The first-order chi connectivity index (χ1) is 9.06. The number of hydrogen-bond donors (Lipinski definition) is 2. The molecule has 0 unspecified atom stereocenters. The maximum Gasteiger partial charge on any atom is 0.333 e. The van der Waals surface area contributed by atoms with Gasteiger partial charge in [0.1, 0.15) is 6.61 Å². The van der Waals surface area contributed by atoms with Gasteiger partial charge in [-0.15, -0.1) is 0 Å². The van der Waals surface area contributed by atoms with Crippen molar-refractivity contribution in [2.75, 3.05) is 25.6 Å². The summed E-state index contributed by atoms with van der Waals surface area (Å²) in [6.07, 6.45) is 1.30. The minimum Gasteiger partial charge on any atom is -0.456 e. The molecule has 1 heterocycles. The Labute approximate surface area is 111 Å². The van der Waals surface area contributed by atoms with Crippen LogP contribution in [0, 0.1) is 0 Å². The third kappa shape index (κ3) is 3.25. The Morgan fingerprint density at radius 1 is 1.26 bits per heavy atom. The molecule has 1 aromatic carbocycles. The number of rotatable bonds is 4. The summed E-state index contributed by atoms with van der Waals surface area (Å²) in [6, 6.07) is 7.18. The molecule has 0 atom stereocenters. The summed E-state index contributed by atoms with van der Waals surface area (Å²) >= 11 is 0. The van der Waals surface area contributed by atoms with Crippen LogP contribution in [0.25, 0.3) is 0 Å². The third-order valence-corrected chi connectivity index (χ3v) is 2.64. The van der Waals surface area contributed by atoms with Gasteiger partial charge in [-0.05, 0) is 24.3 Å². The number of ether oxygens (including phenoxy) is 1. The van der Waals surface area contributed by atoms with Crippen LogP contribution in [-0.4, -0.2) is 32.6 Å². The molecule has 0 bridgehead atoms. The SMILES string of the molecule is CN(C)c1ccc(C(=O)NNC2=CC(=O)OC2)cc1.